The monoisotopic (exact) mass is 361 g/mol. The minimum atomic E-state index is -0.194. The standard InChI is InChI=1S/C20H24ClNO3/c1-4-25-20(24)18-13(3)6-7-14-10-22(11-16(14)18)19(23)15-9-12(2)5-8-17(15)21/h5-9,13-14,16,18H,4,10-11H2,1-3H3/t13-,14-,16-,18-/m0/s1. The maximum absolute atomic E-state index is 12.9. The fraction of sp³-hybridized carbons (Fsp3) is 0.500. The largest absolute Gasteiger partial charge is 0.466 e. The number of hydrogen-bond acceptors (Lipinski definition) is 3. The molecule has 2 aliphatic rings. The highest BCUT2D eigenvalue weighted by atomic mass is 35.5. The first-order valence-corrected chi connectivity index (χ1v) is 9.20. The third-order valence-electron chi connectivity index (χ3n) is 5.30. The van der Waals surface area contributed by atoms with E-state index in [0.29, 0.717) is 30.3 Å². The summed E-state index contributed by atoms with van der Waals surface area (Å²) in [5.74, 6) is 0.00682. The van der Waals surface area contributed by atoms with E-state index in [2.05, 4.69) is 12.2 Å². The third-order valence-corrected chi connectivity index (χ3v) is 5.63. The molecule has 25 heavy (non-hydrogen) atoms. The lowest BCUT2D eigenvalue weighted by molar-refractivity contribution is -0.152. The Bertz CT molecular complexity index is 715. The van der Waals surface area contributed by atoms with E-state index in [-0.39, 0.29) is 35.5 Å². The number of likely N-dealkylation sites (tertiary alicyclic amines) is 1. The number of nitrogens with zero attached hydrogens (tertiary/aromatic N) is 1. The maximum atomic E-state index is 12.9. The minimum absolute atomic E-state index is 0.0632. The summed E-state index contributed by atoms with van der Waals surface area (Å²) in [6.45, 7) is 7.36. The molecular weight excluding hydrogens is 338 g/mol. The highest BCUT2D eigenvalue weighted by molar-refractivity contribution is 6.33. The Kier molecular flexibility index (Phi) is 5.19. The molecule has 1 aliphatic heterocycles. The number of rotatable bonds is 3. The van der Waals surface area contributed by atoms with Gasteiger partial charge in [0, 0.05) is 13.1 Å². The Balaban J connectivity index is 1.82. The van der Waals surface area contributed by atoms with Crippen LogP contribution in [-0.4, -0.2) is 36.5 Å². The number of amides is 1. The molecule has 0 bridgehead atoms. The quantitative estimate of drug-likeness (QED) is 0.609. The molecule has 3 rings (SSSR count). The van der Waals surface area contributed by atoms with Crippen molar-refractivity contribution in [2.24, 2.45) is 23.7 Å². The molecule has 0 saturated carbocycles. The summed E-state index contributed by atoms with van der Waals surface area (Å²) in [5.41, 5.74) is 1.53. The van der Waals surface area contributed by atoms with Crippen LogP contribution in [0.25, 0.3) is 0 Å². The average Bonchev–Trinajstić information content (AvgIpc) is 3.00. The van der Waals surface area contributed by atoms with Gasteiger partial charge < -0.3 is 9.64 Å². The van der Waals surface area contributed by atoms with Gasteiger partial charge >= 0.3 is 5.97 Å². The van der Waals surface area contributed by atoms with Crippen LogP contribution in [0.1, 0.15) is 29.8 Å². The maximum Gasteiger partial charge on any atom is 0.309 e. The van der Waals surface area contributed by atoms with Crippen LogP contribution in [0.4, 0.5) is 0 Å². The second kappa shape index (κ2) is 7.20. The predicted molar refractivity (Wildman–Crippen MR) is 97.5 cm³/mol. The SMILES string of the molecule is CCOC(=O)[C@@H]1[C@H]2CN(C(=O)c3cc(C)ccc3Cl)C[C@@H]2C=C[C@@H]1C. The van der Waals surface area contributed by atoms with E-state index in [1.54, 1.807) is 6.07 Å². The van der Waals surface area contributed by atoms with Crippen molar-refractivity contribution in [3.05, 3.63) is 46.5 Å². The molecule has 0 radical (unpaired) electrons. The average molecular weight is 362 g/mol. The fourth-order valence-electron chi connectivity index (χ4n) is 4.03. The number of allylic oxidation sites excluding steroid dienone is 1. The van der Waals surface area contributed by atoms with Crippen LogP contribution in [0.2, 0.25) is 5.02 Å². The number of carbonyl (C=O) groups excluding carboxylic acids is 2. The van der Waals surface area contributed by atoms with Crippen LogP contribution < -0.4 is 0 Å². The molecule has 0 unspecified atom stereocenters. The molecule has 1 aromatic carbocycles. The smallest absolute Gasteiger partial charge is 0.309 e. The van der Waals surface area contributed by atoms with Gasteiger partial charge in [-0.05, 0) is 43.7 Å². The van der Waals surface area contributed by atoms with E-state index in [1.165, 1.54) is 0 Å². The summed E-state index contributed by atoms with van der Waals surface area (Å²) >= 11 is 6.23. The van der Waals surface area contributed by atoms with Gasteiger partial charge in [0.05, 0.1) is 23.1 Å². The van der Waals surface area contributed by atoms with Gasteiger partial charge in [-0.25, -0.2) is 0 Å². The normalized spacial score (nSPS) is 27.9. The van der Waals surface area contributed by atoms with Crippen molar-refractivity contribution in [1.82, 2.24) is 4.90 Å². The molecule has 1 heterocycles. The van der Waals surface area contributed by atoms with E-state index in [4.69, 9.17) is 16.3 Å². The highest BCUT2D eigenvalue weighted by Gasteiger charge is 2.46. The summed E-state index contributed by atoms with van der Waals surface area (Å²) in [5, 5.41) is 0.469. The van der Waals surface area contributed by atoms with E-state index in [1.807, 2.05) is 37.8 Å². The lowest BCUT2D eigenvalue weighted by Gasteiger charge is -2.31. The minimum Gasteiger partial charge on any atom is -0.466 e. The van der Waals surface area contributed by atoms with Gasteiger partial charge in [0.1, 0.15) is 0 Å². The topological polar surface area (TPSA) is 46.6 Å². The van der Waals surface area contributed by atoms with E-state index >= 15 is 0 Å². The molecule has 1 fully saturated rings. The van der Waals surface area contributed by atoms with Gasteiger partial charge in [-0.15, -0.1) is 0 Å². The summed E-state index contributed by atoms with van der Waals surface area (Å²) in [7, 11) is 0. The van der Waals surface area contributed by atoms with Crippen LogP contribution in [0, 0.1) is 30.6 Å². The van der Waals surface area contributed by atoms with Crippen LogP contribution in [0.3, 0.4) is 0 Å². The van der Waals surface area contributed by atoms with Crippen molar-refractivity contribution >= 4 is 23.5 Å². The number of benzene rings is 1. The predicted octanol–water partition coefficient (Wildman–Crippen LogP) is 3.72. The van der Waals surface area contributed by atoms with E-state index in [9.17, 15) is 9.59 Å². The van der Waals surface area contributed by atoms with Crippen LogP contribution >= 0.6 is 11.6 Å². The number of halogens is 1. The number of hydrogen-bond donors (Lipinski definition) is 0. The van der Waals surface area contributed by atoms with Gasteiger partial charge in [-0.1, -0.05) is 42.3 Å². The van der Waals surface area contributed by atoms with Crippen molar-refractivity contribution in [3.8, 4) is 0 Å². The van der Waals surface area contributed by atoms with Crippen molar-refractivity contribution in [3.63, 3.8) is 0 Å². The number of ether oxygens (including phenoxy) is 1. The molecule has 4 atom stereocenters. The van der Waals surface area contributed by atoms with Crippen LogP contribution in [0.5, 0.6) is 0 Å². The van der Waals surface area contributed by atoms with Crippen molar-refractivity contribution < 1.29 is 14.3 Å². The molecule has 1 aromatic rings. The number of carbonyl (C=O) groups is 2. The van der Waals surface area contributed by atoms with E-state index in [0.717, 1.165) is 5.56 Å². The molecule has 1 saturated heterocycles. The lowest BCUT2D eigenvalue weighted by Crippen LogP contribution is -2.37. The van der Waals surface area contributed by atoms with Gasteiger partial charge in [0.15, 0.2) is 0 Å². The zero-order chi connectivity index (χ0) is 18.1. The summed E-state index contributed by atoms with van der Waals surface area (Å²) < 4.78 is 5.28. The van der Waals surface area contributed by atoms with E-state index < -0.39 is 0 Å². The van der Waals surface area contributed by atoms with Crippen molar-refractivity contribution in [2.75, 3.05) is 19.7 Å². The zero-order valence-corrected chi connectivity index (χ0v) is 15.6. The number of fused-ring (bicyclic) bond motifs is 1. The van der Waals surface area contributed by atoms with Crippen LogP contribution in [0.15, 0.2) is 30.4 Å². The fourth-order valence-corrected chi connectivity index (χ4v) is 4.23. The first-order valence-electron chi connectivity index (χ1n) is 8.82. The van der Waals surface area contributed by atoms with Crippen LogP contribution in [-0.2, 0) is 9.53 Å². The molecular formula is C20H24ClNO3. The second-order valence-corrected chi connectivity index (χ2v) is 7.45. The number of esters is 1. The molecule has 5 heteroatoms. The Morgan fingerprint density at radius 1 is 1.28 bits per heavy atom. The second-order valence-electron chi connectivity index (χ2n) is 7.04. The first-order chi connectivity index (χ1) is 11.9. The Morgan fingerprint density at radius 3 is 2.76 bits per heavy atom. The Hall–Kier alpha value is -1.81. The molecule has 134 valence electrons. The Labute approximate surface area is 153 Å². The number of aryl methyl sites for hydroxylation is 1. The van der Waals surface area contributed by atoms with Gasteiger partial charge in [-0.2, -0.15) is 0 Å². The molecule has 1 aliphatic carbocycles. The van der Waals surface area contributed by atoms with Gasteiger partial charge in [-0.3, -0.25) is 9.59 Å². The first kappa shape index (κ1) is 18.0. The molecule has 0 spiro atoms. The van der Waals surface area contributed by atoms with Crippen molar-refractivity contribution in [2.45, 2.75) is 20.8 Å². The molecule has 1 amide bonds. The lowest BCUT2D eigenvalue weighted by atomic mass is 9.72. The molecule has 4 nitrogen and oxygen atoms in total. The van der Waals surface area contributed by atoms with Gasteiger partial charge in [0.2, 0.25) is 0 Å². The third kappa shape index (κ3) is 3.45. The molecule has 0 aromatic heterocycles. The summed E-state index contributed by atoms with van der Waals surface area (Å²) in [6, 6.07) is 5.48. The summed E-state index contributed by atoms with van der Waals surface area (Å²) in [4.78, 5) is 27.2. The van der Waals surface area contributed by atoms with Crippen molar-refractivity contribution in [1.29, 1.82) is 0 Å². The highest BCUT2D eigenvalue weighted by Crippen LogP contribution is 2.40. The van der Waals surface area contributed by atoms with Gasteiger partial charge in [0.25, 0.3) is 5.91 Å². The Morgan fingerprint density at radius 2 is 2.04 bits per heavy atom. The summed E-state index contributed by atoms with van der Waals surface area (Å²) in [6.07, 6.45) is 4.23. The molecule has 0 N–H and O–H groups in total. The zero-order valence-electron chi connectivity index (χ0n) is 14.9.